The Kier molecular flexibility index (Phi) is 5.74. The Morgan fingerprint density at radius 3 is 2.08 bits per heavy atom. The highest BCUT2D eigenvalue weighted by atomic mass is 32.2. The van der Waals surface area contributed by atoms with Crippen LogP contribution in [0.15, 0.2) is 41.3 Å². The fraction of sp³-hybridized carbons (Fsp3) is 0.286. The zero-order chi connectivity index (χ0) is 17.6. The fourth-order valence-corrected chi connectivity index (χ4v) is 3.60. The zero-order valence-corrected chi connectivity index (χ0v) is 14.5. The second-order valence-electron chi connectivity index (χ2n) is 6.17. The van der Waals surface area contributed by atoms with Crippen molar-refractivity contribution in [1.29, 1.82) is 5.26 Å². The third kappa shape index (κ3) is 4.41. The number of nitriles is 1. The maximum absolute atomic E-state index is 13.8. The molecule has 4 heteroatoms. The van der Waals surface area contributed by atoms with Crippen LogP contribution in [-0.2, 0) is 0 Å². The van der Waals surface area contributed by atoms with Crippen LogP contribution in [0.4, 0.5) is 8.78 Å². The van der Waals surface area contributed by atoms with Gasteiger partial charge in [-0.15, -0.1) is 0 Å². The Morgan fingerprint density at radius 2 is 1.48 bits per heavy atom. The predicted octanol–water partition coefficient (Wildman–Crippen LogP) is 5.99. The number of nitrogens with zero attached hydrogens (tertiary/aromatic N) is 1. The van der Waals surface area contributed by atoms with Crippen LogP contribution in [0, 0.1) is 34.1 Å². The predicted molar refractivity (Wildman–Crippen MR) is 96.1 cm³/mol. The van der Waals surface area contributed by atoms with Crippen LogP contribution in [-0.4, -0.2) is 0 Å². The molecule has 0 atom stereocenters. The summed E-state index contributed by atoms with van der Waals surface area (Å²) in [5.74, 6) is 4.85. The molecule has 126 valence electrons. The molecule has 0 N–H and O–H groups in total. The maximum atomic E-state index is 13.8. The van der Waals surface area contributed by atoms with Crippen LogP contribution in [0.1, 0.15) is 54.7 Å². The van der Waals surface area contributed by atoms with Crippen LogP contribution in [0.25, 0.3) is 0 Å². The molecule has 1 saturated carbocycles. The first-order valence-electron chi connectivity index (χ1n) is 8.34. The molecule has 0 saturated heterocycles. The fourth-order valence-electron chi connectivity index (χ4n) is 3.19. The molecule has 2 aromatic rings. The number of rotatable bonds is 2. The minimum Gasteiger partial charge on any atom is -0.206 e. The molecular formula is C21H17F2NS. The van der Waals surface area contributed by atoms with Crippen molar-refractivity contribution in [2.75, 3.05) is 0 Å². The minimum absolute atomic E-state index is 0.258. The highest BCUT2D eigenvalue weighted by Gasteiger charge is 2.15. The van der Waals surface area contributed by atoms with E-state index in [1.807, 2.05) is 12.1 Å². The summed E-state index contributed by atoms with van der Waals surface area (Å²) in [5, 5.41) is 10.2. The lowest BCUT2D eigenvalue weighted by atomic mass is 9.84. The van der Waals surface area contributed by atoms with E-state index < -0.39 is 11.6 Å². The molecule has 1 aliphatic rings. The van der Waals surface area contributed by atoms with Gasteiger partial charge in [0.2, 0.25) is 0 Å². The molecule has 0 bridgehead atoms. The first-order valence-corrected chi connectivity index (χ1v) is 9.16. The Hall–Kier alpha value is -2.30. The second kappa shape index (κ2) is 8.19. The summed E-state index contributed by atoms with van der Waals surface area (Å²) >= 11 is 0.474. The van der Waals surface area contributed by atoms with Crippen LogP contribution < -0.4 is 0 Å². The van der Waals surface area contributed by atoms with Crippen molar-refractivity contribution in [3.05, 3.63) is 64.7 Å². The van der Waals surface area contributed by atoms with Crippen molar-refractivity contribution in [3.63, 3.8) is 0 Å². The van der Waals surface area contributed by atoms with E-state index in [1.165, 1.54) is 37.7 Å². The van der Waals surface area contributed by atoms with E-state index in [-0.39, 0.29) is 10.5 Å². The summed E-state index contributed by atoms with van der Waals surface area (Å²) in [5.41, 5.74) is 2.42. The SMILES string of the molecule is N#CSc1c(F)cc(C#Cc2ccc(C3CCCCC3)cc2)cc1F. The first-order chi connectivity index (χ1) is 12.2. The number of hydrogen-bond donors (Lipinski definition) is 0. The van der Waals surface area contributed by atoms with Crippen molar-refractivity contribution in [3.8, 4) is 17.2 Å². The van der Waals surface area contributed by atoms with Gasteiger partial charge in [0.05, 0.1) is 4.90 Å². The largest absolute Gasteiger partial charge is 0.206 e. The van der Waals surface area contributed by atoms with Gasteiger partial charge in [0.25, 0.3) is 0 Å². The quantitative estimate of drug-likeness (QED) is 0.376. The lowest BCUT2D eigenvalue weighted by molar-refractivity contribution is 0.443. The van der Waals surface area contributed by atoms with E-state index >= 15 is 0 Å². The van der Waals surface area contributed by atoms with Gasteiger partial charge in [0.15, 0.2) is 0 Å². The van der Waals surface area contributed by atoms with Gasteiger partial charge in [0.1, 0.15) is 17.0 Å². The van der Waals surface area contributed by atoms with Crippen molar-refractivity contribution < 1.29 is 8.78 Å². The molecular weight excluding hydrogens is 336 g/mol. The lowest BCUT2D eigenvalue weighted by Gasteiger charge is -2.21. The molecule has 3 rings (SSSR count). The molecule has 0 radical (unpaired) electrons. The van der Waals surface area contributed by atoms with E-state index in [9.17, 15) is 8.78 Å². The van der Waals surface area contributed by atoms with Gasteiger partial charge in [-0.1, -0.05) is 43.2 Å². The summed E-state index contributed by atoms with van der Waals surface area (Å²) < 4.78 is 27.6. The topological polar surface area (TPSA) is 23.8 Å². The molecule has 25 heavy (non-hydrogen) atoms. The van der Waals surface area contributed by atoms with Gasteiger partial charge in [-0.25, -0.2) is 8.78 Å². The van der Waals surface area contributed by atoms with Crippen LogP contribution in [0.5, 0.6) is 0 Å². The Morgan fingerprint density at radius 1 is 0.880 bits per heavy atom. The van der Waals surface area contributed by atoms with Gasteiger partial charge in [-0.3, -0.25) is 0 Å². The van der Waals surface area contributed by atoms with Gasteiger partial charge < -0.3 is 0 Å². The molecule has 0 spiro atoms. The summed E-state index contributed by atoms with van der Waals surface area (Å²) in [7, 11) is 0. The van der Waals surface area contributed by atoms with E-state index in [0.29, 0.717) is 17.7 Å². The monoisotopic (exact) mass is 353 g/mol. The van der Waals surface area contributed by atoms with E-state index in [4.69, 9.17) is 5.26 Å². The van der Waals surface area contributed by atoms with Crippen LogP contribution in [0.2, 0.25) is 0 Å². The average Bonchev–Trinajstić information content (AvgIpc) is 2.64. The van der Waals surface area contributed by atoms with Gasteiger partial charge in [-0.2, -0.15) is 5.26 Å². The van der Waals surface area contributed by atoms with Crippen LogP contribution in [0.3, 0.4) is 0 Å². The summed E-state index contributed by atoms with van der Waals surface area (Å²) in [4.78, 5) is -0.287. The van der Waals surface area contributed by atoms with Crippen molar-refractivity contribution in [2.45, 2.75) is 42.9 Å². The Labute approximate surface area is 151 Å². The smallest absolute Gasteiger partial charge is 0.142 e. The van der Waals surface area contributed by atoms with E-state index in [2.05, 4.69) is 24.0 Å². The van der Waals surface area contributed by atoms with Gasteiger partial charge in [0, 0.05) is 11.1 Å². The van der Waals surface area contributed by atoms with Crippen molar-refractivity contribution in [1.82, 2.24) is 0 Å². The third-order valence-corrected chi connectivity index (χ3v) is 5.17. The van der Waals surface area contributed by atoms with Crippen molar-refractivity contribution >= 4 is 11.8 Å². The summed E-state index contributed by atoms with van der Waals surface area (Å²) in [6.07, 6.45) is 6.42. The molecule has 0 aliphatic heterocycles. The molecule has 0 amide bonds. The number of thioether (sulfide) groups is 1. The molecule has 1 aliphatic carbocycles. The maximum Gasteiger partial charge on any atom is 0.142 e. The highest BCUT2D eigenvalue weighted by molar-refractivity contribution is 8.03. The van der Waals surface area contributed by atoms with Crippen molar-refractivity contribution in [2.24, 2.45) is 0 Å². The number of benzene rings is 2. The first kappa shape index (κ1) is 17.5. The van der Waals surface area contributed by atoms with Crippen LogP contribution >= 0.6 is 11.8 Å². The number of thiocyanates is 1. The highest BCUT2D eigenvalue weighted by Crippen LogP contribution is 2.32. The number of halogens is 2. The number of hydrogen-bond acceptors (Lipinski definition) is 2. The van der Waals surface area contributed by atoms with E-state index in [1.54, 1.807) is 5.40 Å². The second-order valence-corrected chi connectivity index (χ2v) is 6.96. The van der Waals surface area contributed by atoms with E-state index in [0.717, 1.165) is 17.7 Å². The standard InChI is InChI=1S/C21H17F2NS/c22-19-12-16(13-20(23)21(19)25-14-24)7-6-15-8-10-18(11-9-15)17-4-2-1-3-5-17/h8-13,17H,1-5H2. The summed E-state index contributed by atoms with van der Waals surface area (Å²) in [6, 6.07) is 10.5. The van der Waals surface area contributed by atoms with Gasteiger partial charge >= 0.3 is 0 Å². The Bertz CT molecular complexity index is 827. The van der Waals surface area contributed by atoms with Gasteiger partial charge in [-0.05, 0) is 60.4 Å². The molecule has 0 heterocycles. The molecule has 0 aromatic heterocycles. The normalized spacial score (nSPS) is 14.4. The summed E-state index contributed by atoms with van der Waals surface area (Å²) in [6.45, 7) is 0. The molecule has 1 fully saturated rings. The zero-order valence-electron chi connectivity index (χ0n) is 13.7. The molecule has 2 aromatic carbocycles. The Balaban J connectivity index is 1.76. The molecule has 1 nitrogen and oxygen atoms in total. The molecule has 0 unspecified atom stereocenters. The lowest BCUT2D eigenvalue weighted by Crippen LogP contribution is -2.04. The minimum atomic E-state index is -0.761. The third-order valence-electron chi connectivity index (χ3n) is 4.48. The average molecular weight is 353 g/mol.